The van der Waals surface area contributed by atoms with Crippen molar-refractivity contribution in [1.29, 1.82) is 0 Å². The van der Waals surface area contributed by atoms with Gasteiger partial charge < -0.3 is 27.8 Å². The summed E-state index contributed by atoms with van der Waals surface area (Å²) >= 11 is 0. The van der Waals surface area contributed by atoms with Crippen LogP contribution in [0.2, 0.25) is 36.3 Å². The van der Waals surface area contributed by atoms with E-state index in [2.05, 4.69) is 74.3 Å². The first-order valence-corrected chi connectivity index (χ1v) is 19.5. The van der Waals surface area contributed by atoms with Gasteiger partial charge in [-0.3, -0.25) is 0 Å². The fourth-order valence-corrected chi connectivity index (χ4v) is 5.39. The molecule has 0 radical (unpaired) electrons. The van der Waals surface area contributed by atoms with E-state index in [1.165, 1.54) is 0 Å². The Labute approximate surface area is 244 Å². The van der Waals surface area contributed by atoms with Crippen molar-refractivity contribution >= 4 is 28.8 Å². The summed E-state index contributed by atoms with van der Waals surface area (Å²) < 4.78 is 36.7. The predicted molar refractivity (Wildman–Crippen MR) is 173 cm³/mol. The highest BCUT2D eigenvalue weighted by Crippen LogP contribution is 2.49. The molecule has 0 aromatic heterocycles. The fraction of sp³-hybridized carbons (Fsp3) is 0.500. The molecule has 0 aliphatic heterocycles. The Morgan fingerprint density at radius 2 is 1.18 bits per heavy atom. The van der Waals surface area contributed by atoms with E-state index >= 15 is 0 Å². The second kappa shape index (κ2) is 12.8. The molecule has 0 amide bonds. The van der Waals surface area contributed by atoms with Crippen LogP contribution in [0.4, 0.5) is 0 Å². The first-order chi connectivity index (χ1) is 18.4. The molecule has 0 aliphatic carbocycles. The smallest absolute Gasteiger partial charge is 0.250 e. The second-order valence-electron chi connectivity index (χ2n) is 12.9. The van der Waals surface area contributed by atoms with Gasteiger partial charge in [0.25, 0.3) is 16.6 Å². The minimum atomic E-state index is -2.26. The Kier molecular flexibility index (Phi) is 10.6. The van der Waals surface area contributed by atoms with Crippen molar-refractivity contribution in [1.82, 2.24) is 0 Å². The molecule has 0 saturated carbocycles. The zero-order chi connectivity index (χ0) is 30.5. The first kappa shape index (κ1) is 33.4. The van der Waals surface area contributed by atoms with E-state index < -0.39 is 16.6 Å². The third-order valence-electron chi connectivity index (χ3n) is 7.93. The number of rotatable bonds is 12. The van der Waals surface area contributed by atoms with Gasteiger partial charge in [0.2, 0.25) is 5.75 Å². The molecule has 0 saturated heterocycles. The number of hydrogen-bond acceptors (Lipinski definition) is 6. The molecule has 0 spiro atoms. The maximum atomic E-state index is 7.03. The molecule has 40 heavy (non-hydrogen) atoms. The maximum Gasteiger partial charge on any atom is 0.250 e. The Hall–Kier alpha value is -2.85. The van der Waals surface area contributed by atoms with E-state index in [4.69, 9.17) is 27.8 Å². The average Bonchev–Trinajstić information content (AvgIpc) is 2.85. The van der Waals surface area contributed by atoms with Crippen molar-refractivity contribution < 1.29 is 27.8 Å². The highest BCUT2D eigenvalue weighted by molar-refractivity contribution is 6.75. The summed E-state index contributed by atoms with van der Waals surface area (Å²) in [6, 6.07) is 7.81. The molecule has 2 aromatic carbocycles. The van der Waals surface area contributed by atoms with E-state index in [9.17, 15) is 0 Å². The van der Waals surface area contributed by atoms with Gasteiger partial charge in [0.15, 0.2) is 28.7 Å². The van der Waals surface area contributed by atoms with Gasteiger partial charge in [-0.05, 0) is 66.1 Å². The average molecular weight is 587 g/mol. The summed E-state index contributed by atoms with van der Waals surface area (Å²) in [7, 11) is 0.304. The minimum Gasteiger partial charge on any atom is -0.541 e. The van der Waals surface area contributed by atoms with Crippen molar-refractivity contribution in [3.63, 3.8) is 0 Å². The normalized spacial score (nSPS) is 12.7. The largest absolute Gasteiger partial charge is 0.541 e. The lowest BCUT2D eigenvalue weighted by Crippen LogP contribution is -2.46. The van der Waals surface area contributed by atoms with Gasteiger partial charge in [-0.25, -0.2) is 0 Å². The lowest BCUT2D eigenvalue weighted by Gasteiger charge is -2.40. The zero-order valence-electron chi connectivity index (χ0n) is 26.9. The molecule has 2 rings (SSSR count). The molecule has 0 unspecified atom stereocenters. The monoisotopic (exact) mass is 586 g/mol. The van der Waals surface area contributed by atoms with Gasteiger partial charge in [0.05, 0.1) is 21.3 Å². The van der Waals surface area contributed by atoms with Gasteiger partial charge in [0.1, 0.15) is 6.61 Å². The van der Waals surface area contributed by atoms with Gasteiger partial charge in [-0.2, -0.15) is 0 Å². The summed E-state index contributed by atoms with van der Waals surface area (Å²) in [6.07, 6.45) is 5.79. The molecule has 8 heteroatoms. The molecule has 6 nitrogen and oxygen atoms in total. The van der Waals surface area contributed by atoms with Gasteiger partial charge in [0, 0.05) is 5.56 Å². The summed E-state index contributed by atoms with van der Waals surface area (Å²) in [5.41, 5.74) is 1.80. The van der Waals surface area contributed by atoms with Crippen LogP contribution in [-0.4, -0.2) is 44.6 Å². The Morgan fingerprint density at radius 3 is 1.60 bits per heavy atom. The van der Waals surface area contributed by atoms with Gasteiger partial charge in [-0.15, -0.1) is 0 Å². The van der Waals surface area contributed by atoms with Crippen LogP contribution >= 0.6 is 0 Å². The standard InChI is InChI=1S/C32H50O6Si2/c1-15-20-36-25-19-18-24(17-16-23-21-26(33-8)29(35-10)27(22-23)34-9)28(37-39(11,12)31(2,3)4)30(25)38-40(13,14)32(5,6)7/h15-19,21-22H,1,20H2,2-14H3. The van der Waals surface area contributed by atoms with Crippen LogP contribution in [0.1, 0.15) is 52.7 Å². The van der Waals surface area contributed by atoms with Gasteiger partial charge >= 0.3 is 0 Å². The van der Waals surface area contributed by atoms with Gasteiger partial charge in [-0.1, -0.05) is 66.3 Å². The summed E-state index contributed by atoms with van der Waals surface area (Å²) in [5.74, 6) is 3.76. The number of ether oxygens (including phenoxy) is 4. The SMILES string of the molecule is C=CCOc1ccc(C=Cc2cc(OC)c(OC)c(OC)c2)c(O[Si](C)(C)C(C)(C)C)c1O[Si](C)(C)C(C)(C)C. The number of methoxy groups -OCH3 is 3. The van der Waals surface area contributed by atoms with Crippen LogP contribution in [-0.2, 0) is 0 Å². The lowest BCUT2D eigenvalue weighted by molar-refractivity contribution is 0.324. The number of hydrogen-bond donors (Lipinski definition) is 0. The van der Waals surface area contributed by atoms with Crippen molar-refractivity contribution in [2.75, 3.05) is 27.9 Å². The predicted octanol–water partition coefficient (Wildman–Crippen LogP) is 9.22. The zero-order valence-corrected chi connectivity index (χ0v) is 28.9. The molecule has 0 fully saturated rings. The molecule has 222 valence electrons. The fourth-order valence-electron chi connectivity index (χ4n) is 3.36. The quantitative estimate of drug-likeness (QED) is 0.140. The van der Waals surface area contributed by atoms with Crippen LogP contribution in [0.15, 0.2) is 36.9 Å². The van der Waals surface area contributed by atoms with Crippen LogP contribution in [0, 0.1) is 0 Å². The first-order valence-electron chi connectivity index (χ1n) is 13.7. The Morgan fingerprint density at radius 1 is 0.675 bits per heavy atom. The Bertz CT molecular complexity index is 1180. The van der Waals surface area contributed by atoms with Crippen molar-refractivity contribution in [2.24, 2.45) is 0 Å². The highest BCUT2D eigenvalue weighted by atomic mass is 28.4. The van der Waals surface area contributed by atoms with E-state index in [0.29, 0.717) is 41.1 Å². The Balaban J connectivity index is 2.82. The topological polar surface area (TPSA) is 55.4 Å². The van der Waals surface area contributed by atoms with Crippen molar-refractivity contribution in [3.05, 3.63) is 48.0 Å². The van der Waals surface area contributed by atoms with Crippen LogP contribution in [0.3, 0.4) is 0 Å². The molecule has 0 aliphatic rings. The van der Waals surface area contributed by atoms with Crippen LogP contribution in [0.25, 0.3) is 12.2 Å². The molecular formula is C32H50O6Si2. The third kappa shape index (κ3) is 7.66. The van der Waals surface area contributed by atoms with E-state index in [0.717, 1.165) is 11.1 Å². The van der Waals surface area contributed by atoms with Crippen molar-refractivity contribution in [3.8, 4) is 34.5 Å². The molecule has 2 aromatic rings. The molecule has 0 atom stereocenters. The molecule has 0 bridgehead atoms. The van der Waals surface area contributed by atoms with E-state index in [1.54, 1.807) is 27.4 Å². The molecule has 0 heterocycles. The molecule has 0 N–H and O–H groups in total. The maximum absolute atomic E-state index is 7.03. The summed E-state index contributed by atoms with van der Waals surface area (Å²) in [5, 5.41) is -0.0318. The minimum absolute atomic E-state index is 0.0149. The summed E-state index contributed by atoms with van der Waals surface area (Å²) in [4.78, 5) is 0. The summed E-state index contributed by atoms with van der Waals surface area (Å²) in [6.45, 7) is 26.5. The van der Waals surface area contributed by atoms with Crippen LogP contribution < -0.4 is 27.8 Å². The molecular weight excluding hydrogens is 537 g/mol. The highest BCUT2D eigenvalue weighted by Gasteiger charge is 2.43. The lowest BCUT2D eigenvalue weighted by atomic mass is 10.1. The third-order valence-corrected chi connectivity index (χ3v) is 16.6. The van der Waals surface area contributed by atoms with Crippen molar-refractivity contribution in [2.45, 2.75) is 77.8 Å². The van der Waals surface area contributed by atoms with E-state index in [1.807, 2.05) is 36.4 Å². The van der Waals surface area contributed by atoms with Crippen LogP contribution in [0.5, 0.6) is 34.5 Å². The van der Waals surface area contributed by atoms with E-state index in [-0.39, 0.29) is 10.1 Å². The second-order valence-corrected chi connectivity index (χ2v) is 22.4. The number of benzene rings is 2.